The van der Waals surface area contributed by atoms with Crippen molar-refractivity contribution in [3.8, 4) is 22.8 Å². The van der Waals surface area contributed by atoms with E-state index in [0.717, 1.165) is 4.47 Å². The molecule has 0 saturated heterocycles. The second-order valence-electron chi connectivity index (χ2n) is 4.25. The van der Waals surface area contributed by atoms with Crippen molar-refractivity contribution in [2.45, 2.75) is 0 Å². The third kappa shape index (κ3) is 2.64. The van der Waals surface area contributed by atoms with E-state index in [1.54, 1.807) is 6.07 Å². The number of nitrogen functional groups attached to an aromatic ring is 1. The normalized spacial score (nSPS) is 10.8. The number of aromatic nitrogens is 2. The molecule has 4 nitrogen and oxygen atoms in total. The zero-order chi connectivity index (χ0) is 15.0. The van der Waals surface area contributed by atoms with E-state index < -0.39 is 5.82 Å². The van der Waals surface area contributed by atoms with Crippen LogP contribution in [0.5, 0.6) is 0 Å². The van der Waals surface area contributed by atoms with E-state index in [4.69, 9.17) is 21.9 Å². The lowest BCUT2D eigenvalue weighted by Crippen LogP contribution is -1.91. The van der Waals surface area contributed by atoms with Crippen LogP contribution in [-0.4, -0.2) is 10.1 Å². The van der Waals surface area contributed by atoms with Gasteiger partial charge in [0, 0.05) is 10.0 Å². The molecule has 0 spiro atoms. The Morgan fingerprint density at radius 1 is 1.19 bits per heavy atom. The molecule has 1 aromatic heterocycles. The molecular weight excluding hydrogens is 361 g/mol. The standard InChI is InChI=1S/C14H8BrClFN3O/c15-10-3-1-2-9(12(10)18)14-19-13(20-21-14)8-5-4-7(17)6-11(8)16/h1-6H,18H2. The third-order valence-electron chi connectivity index (χ3n) is 2.88. The van der Waals surface area contributed by atoms with Crippen molar-refractivity contribution in [2.24, 2.45) is 0 Å². The first-order chi connectivity index (χ1) is 10.1. The molecule has 0 atom stereocenters. The Morgan fingerprint density at radius 3 is 2.76 bits per heavy atom. The van der Waals surface area contributed by atoms with Crippen LogP contribution in [0, 0.1) is 5.82 Å². The molecule has 7 heteroatoms. The van der Waals surface area contributed by atoms with Gasteiger partial charge in [-0.05, 0) is 46.3 Å². The molecule has 0 unspecified atom stereocenters. The van der Waals surface area contributed by atoms with Gasteiger partial charge in [0.05, 0.1) is 16.3 Å². The lowest BCUT2D eigenvalue weighted by molar-refractivity contribution is 0.432. The van der Waals surface area contributed by atoms with Crippen molar-refractivity contribution in [3.63, 3.8) is 0 Å². The van der Waals surface area contributed by atoms with E-state index in [9.17, 15) is 4.39 Å². The van der Waals surface area contributed by atoms with E-state index in [2.05, 4.69) is 26.1 Å². The lowest BCUT2D eigenvalue weighted by atomic mass is 10.2. The van der Waals surface area contributed by atoms with Crippen LogP contribution in [0.3, 0.4) is 0 Å². The van der Waals surface area contributed by atoms with E-state index in [-0.39, 0.29) is 16.7 Å². The predicted octanol–water partition coefficient (Wildman–Crippen LogP) is 4.54. The molecule has 0 aliphatic rings. The van der Waals surface area contributed by atoms with Gasteiger partial charge in [-0.3, -0.25) is 0 Å². The number of rotatable bonds is 2. The Kier molecular flexibility index (Phi) is 3.65. The molecule has 0 aliphatic heterocycles. The number of nitrogens with zero attached hydrogens (tertiary/aromatic N) is 2. The lowest BCUT2D eigenvalue weighted by Gasteiger charge is -2.02. The SMILES string of the molecule is Nc1c(Br)cccc1-c1nc(-c2ccc(F)cc2Cl)no1. The number of hydrogen-bond donors (Lipinski definition) is 1. The number of hydrogen-bond acceptors (Lipinski definition) is 4. The van der Waals surface area contributed by atoms with E-state index >= 15 is 0 Å². The molecule has 0 aliphatic carbocycles. The molecule has 0 radical (unpaired) electrons. The summed E-state index contributed by atoms with van der Waals surface area (Å²) in [5, 5.41) is 4.07. The highest BCUT2D eigenvalue weighted by atomic mass is 79.9. The summed E-state index contributed by atoms with van der Waals surface area (Å²) in [5.41, 5.74) is 7.56. The van der Waals surface area contributed by atoms with Crippen molar-refractivity contribution in [1.82, 2.24) is 10.1 Å². The van der Waals surface area contributed by atoms with Gasteiger partial charge in [0.2, 0.25) is 5.82 Å². The van der Waals surface area contributed by atoms with E-state index in [1.807, 2.05) is 12.1 Å². The zero-order valence-electron chi connectivity index (χ0n) is 10.5. The molecule has 2 aromatic carbocycles. The van der Waals surface area contributed by atoms with Gasteiger partial charge in [-0.25, -0.2) is 4.39 Å². The molecule has 1 heterocycles. The van der Waals surface area contributed by atoms with Crippen molar-refractivity contribution in [3.05, 3.63) is 51.7 Å². The van der Waals surface area contributed by atoms with Crippen molar-refractivity contribution in [2.75, 3.05) is 5.73 Å². The van der Waals surface area contributed by atoms with Crippen molar-refractivity contribution < 1.29 is 8.91 Å². The second-order valence-corrected chi connectivity index (χ2v) is 5.51. The maximum absolute atomic E-state index is 13.1. The fraction of sp³-hybridized carbons (Fsp3) is 0. The van der Waals surface area contributed by atoms with Crippen LogP contribution in [0.4, 0.5) is 10.1 Å². The van der Waals surface area contributed by atoms with Gasteiger partial charge in [-0.1, -0.05) is 22.8 Å². The minimum Gasteiger partial charge on any atom is -0.397 e. The summed E-state index contributed by atoms with van der Waals surface area (Å²) >= 11 is 9.32. The fourth-order valence-electron chi connectivity index (χ4n) is 1.84. The first kappa shape index (κ1) is 14.0. The summed E-state index contributed by atoms with van der Waals surface area (Å²) < 4.78 is 19.0. The summed E-state index contributed by atoms with van der Waals surface area (Å²) in [6, 6.07) is 9.36. The predicted molar refractivity (Wildman–Crippen MR) is 82.3 cm³/mol. The molecule has 3 aromatic rings. The smallest absolute Gasteiger partial charge is 0.260 e. The highest BCUT2D eigenvalue weighted by Crippen LogP contribution is 2.33. The van der Waals surface area contributed by atoms with Crippen LogP contribution in [0.25, 0.3) is 22.8 Å². The number of halogens is 3. The first-order valence-corrected chi connectivity index (χ1v) is 7.07. The quantitative estimate of drug-likeness (QED) is 0.674. The Bertz CT molecular complexity index is 822. The minimum atomic E-state index is -0.427. The summed E-state index contributed by atoms with van der Waals surface area (Å²) in [6.07, 6.45) is 0. The fourth-order valence-corrected chi connectivity index (χ4v) is 2.45. The molecular formula is C14H8BrClFN3O. The Labute approximate surface area is 132 Å². The molecule has 0 amide bonds. The van der Waals surface area contributed by atoms with Gasteiger partial charge in [0.25, 0.3) is 5.89 Å². The van der Waals surface area contributed by atoms with Gasteiger partial charge in [-0.15, -0.1) is 0 Å². The van der Waals surface area contributed by atoms with Crippen LogP contribution in [-0.2, 0) is 0 Å². The van der Waals surface area contributed by atoms with Gasteiger partial charge in [0.15, 0.2) is 0 Å². The third-order valence-corrected chi connectivity index (χ3v) is 3.89. The topological polar surface area (TPSA) is 64.9 Å². The van der Waals surface area contributed by atoms with Crippen molar-refractivity contribution in [1.29, 1.82) is 0 Å². The molecule has 0 fully saturated rings. The number of anilines is 1. The average Bonchev–Trinajstić information content (AvgIpc) is 2.91. The monoisotopic (exact) mass is 367 g/mol. The average molecular weight is 369 g/mol. The van der Waals surface area contributed by atoms with E-state index in [1.165, 1.54) is 18.2 Å². The summed E-state index contributed by atoms with van der Waals surface area (Å²) in [5.74, 6) is 0.113. The molecule has 3 rings (SSSR count). The maximum atomic E-state index is 13.1. The second kappa shape index (κ2) is 5.46. The molecule has 2 N–H and O–H groups in total. The van der Waals surface area contributed by atoms with Crippen molar-refractivity contribution >= 4 is 33.2 Å². The van der Waals surface area contributed by atoms with Gasteiger partial charge in [-0.2, -0.15) is 4.98 Å². The van der Waals surface area contributed by atoms with Crippen LogP contribution in [0.15, 0.2) is 45.4 Å². The Hall–Kier alpha value is -1.92. The highest BCUT2D eigenvalue weighted by molar-refractivity contribution is 9.10. The Balaban J connectivity index is 2.06. The van der Waals surface area contributed by atoms with Crippen LogP contribution >= 0.6 is 27.5 Å². The zero-order valence-corrected chi connectivity index (χ0v) is 12.8. The van der Waals surface area contributed by atoms with Gasteiger partial charge < -0.3 is 10.3 Å². The number of para-hydroxylation sites is 1. The summed E-state index contributed by atoms with van der Waals surface area (Å²) in [4.78, 5) is 4.26. The molecule has 0 saturated carbocycles. The number of benzene rings is 2. The largest absolute Gasteiger partial charge is 0.397 e. The molecule has 106 valence electrons. The Morgan fingerprint density at radius 2 is 2.00 bits per heavy atom. The minimum absolute atomic E-state index is 0.213. The number of nitrogens with two attached hydrogens (primary N) is 1. The van der Waals surface area contributed by atoms with Crippen LogP contribution < -0.4 is 5.73 Å². The maximum Gasteiger partial charge on any atom is 0.260 e. The first-order valence-electron chi connectivity index (χ1n) is 5.90. The van der Waals surface area contributed by atoms with E-state index in [0.29, 0.717) is 16.8 Å². The van der Waals surface area contributed by atoms with Gasteiger partial charge in [0.1, 0.15) is 5.82 Å². The summed E-state index contributed by atoms with van der Waals surface area (Å²) in [7, 11) is 0. The van der Waals surface area contributed by atoms with Crippen LogP contribution in [0.2, 0.25) is 5.02 Å². The highest BCUT2D eigenvalue weighted by Gasteiger charge is 2.16. The van der Waals surface area contributed by atoms with Gasteiger partial charge >= 0.3 is 0 Å². The molecule has 21 heavy (non-hydrogen) atoms. The van der Waals surface area contributed by atoms with Crippen LogP contribution in [0.1, 0.15) is 0 Å². The molecule has 0 bridgehead atoms. The summed E-state index contributed by atoms with van der Waals surface area (Å²) in [6.45, 7) is 0.